The Labute approximate surface area is 211 Å². The molecule has 1 aromatic carbocycles. The van der Waals surface area contributed by atoms with Crippen LogP contribution in [-0.2, 0) is 18.3 Å². The zero-order chi connectivity index (χ0) is 25.1. The molecule has 36 heavy (non-hydrogen) atoms. The highest BCUT2D eigenvalue weighted by molar-refractivity contribution is 7.99. The highest BCUT2D eigenvalue weighted by Gasteiger charge is 2.20. The number of hydrogen-bond donors (Lipinski definition) is 1. The standard InChI is InChI=1S/C24H27FN8O2S/c1-3-36-24-28-21(32-10-12-35-13-11-32)18-15-27-33(22(18)29-24)9-8-26-23(34)20-14-19(30-31(20)2)16-4-6-17(25)7-5-16/h4-7,14-15H,3,8-13H2,1-2H3,(H,26,34). The Morgan fingerprint density at radius 2 is 1.97 bits per heavy atom. The predicted octanol–water partition coefficient (Wildman–Crippen LogP) is 2.74. The van der Waals surface area contributed by atoms with Crippen molar-refractivity contribution in [3.05, 3.63) is 48.0 Å². The monoisotopic (exact) mass is 510 g/mol. The Kier molecular flexibility index (Phi) is 7.14. The van der Waals surface area contributed by atoms with Gasteiger partial charge in [-0.3, -0.25) is 9.48 Å². The van der Waals surface area contributed by atoms with Crippen molar-refractivity contribution in [2.75, 3.05) is 43.5 Å². The minimum atomic E-state index is -0.318. The number of hydrogen-bond acceptors (Lipinski definition) is 8. The van der Waals surface area contributed by atoms with Crippen LogP contribution in [0, 0.1) is 5.82 Å². The fourth-order valence-corrected chi connectivity index (χ4v) is 4.66. The molecule has 5 rings (SSSR count). The van der Waals surface area contributed by atoms with Crippen molar-refractivity contribution >= 4 is 34.5 Å². The number of thioether (sulfide) groups is 1. The lowest BCUT2D eigenvalue weighted by Crippen LogP contribution is -2.37. The lowest BCUT2D eigenvalue weighted by Gasteiger charge is -2.28. The SMILES string of the molecule is CCSc1nc(N2CCOCC2)c2cnn(CCNC(=O)c3cc(-c4ccc(F)cc4)nn3C)c2n1. The molecule has 1 fully saturated rings. The van der Waals surface area contributed by atoms with Crippen LogP contribution in [0.5, 0.6) is 0 Å². The first-order valence-corrected chi connectivity index (χ1v) is 12.8. The summed E-state index contributed by atoms with van der Waals surface area (Å²) in [6.07, 6.45) is 1.79. The molecule has 0 unspecified atom stereocenters. The molecule has 1 aliphatic heterocycles. The third-order valence-electron chi connectivity index (χ3n) is 5.90. The summed E-state index contributed by atoms with van der Waals surface area (Å²) in [7, 11) is 1.71. The van der Waals surface area contributed by atoms with Gasteiger partial charge >= 0.3 is 0 Å². The molecular formula is C24H27FN8O2S. The van der Waals surface area contributed by atoms with Gasteiger partial charge in [0.25, 0.3) is 5.91 Å². The lowest BCUT2D eigenvalue weighted by atomic mass is 10.1. The Bertz CT molecular complexity index is 1360. The minimum absolute atomic E-state index is 0.249. The number of ether oxygens (including phenoxy) is 1. The molecule has 0 saturated carbocycles. The van der Waals surface area contributed by atoms with Crippen LogP contribution in [0.4, 0.5) is 10.2 Å². The number of anilines is 1. The first-order chi connectivity index (χ1) is 17.5. The van der Waals surface area contributed by atoms with E-state index in [1.807, 2.05) is 0 Å². The zero-order valence-electron chi connectivity index (χ0n) is 20.1. The second kappa shape index (κ2) is 10.6. The van der Waals surface area contributed by atoms with Gasteiger partial charge in [-0.15, -0.1) is 0 Å². The van der Waals surface area contributed by atoms with Crippen molar-refractivity contribution in [1.82, 2.24) is 34.8 Å². The maximum absolute atomic E-state index is 13.2. The van der Waals surface area contributed by atoms with Crippen molar-refractivity contribution in [3.63, 3.8) is 0 Å². The van der Waals surface area contributed by atoms with Crippen LogP contribution in [0.1, 0.15) is 17.4 Å². The van der Waals surface area contributed by atoms with E-state index in [1.165, 1.54) is 16.8 Å². The summed E-state index contributed by atoms with van der Waals surface area (Å²) >= 11 is 1.59. The van der Waals surface area contributed by atoms with Gasteiger partial charge in [-0.05, 0) is 36.1 Å². The summed E-state index contributed by atoms with van der Waals surface area (Å²) < 4.78 is 22.0. The second-order valence-electron chi connectivity index (χ2n) is 8.27. The fraction of sp³-hybridized carbons (Fsp3) is 0.375. The van der Waals surface area contributed by atoms with Crippen LogP contribution in [0.3, 0.4) is 0 Å². The third-order valence-corrected chi connectivity index (χ3v) is 6.63. The van der Waals surface area contributed by atoms with Gasteiger partial charge in [0.2, 0.25) is 0 Å². The summed E-state index contributed by atoms with van der Waals surface area (Å²) in [6.45, 7) is 5.76. The van der Waals surface area contributed by atoms with Gasteiger partial charge in [-0.2, -0.15) is 10.2 Å². The van der Waals surface area contributed by atoms with E-state index < -0.39 is 0 Å². The zero-order valence-corrected chi connectivity index (χ0v) is 21.0. The van der Waals surface area contributed by atoms with Crippen molar-refractivity contribution in [2.24, 2.45) is 7.05 Å². The number of carbonyl (C=O) groups is 1. The normalized spacial score (nSPS) is 13.9. The second-order valence-corrected chi connectivity index (χ2v) is 9.50. The van der Waals surface area contributed by atoms with E-state index in [2.05, 4.69) is 27.3 Å². The number of rotatable bonds is 8. The van der Waals surface area contributed by atoms with Crippen LogP contribution in [0.25, 0.3) is 22.3 Å². The van der Waals surface area contributed by atoms with E-state index >= 15 is 0 Å². The molecule has 188 valence electrons. The highest BCUT2D eigenvalue weighted by atomic mass is 32.2. The molecule has 1 amide bonds. The maximum atomic E-state index is 13.2. The summed E-state index contributed by atoms with van der Waals surface area (Å²) in [5.41, 5.74) is 2.51. The van der Waals surface area contributed by atoms with Crippen molar-refractivity contribution in [3.8, 4) is 11.3 Å². The number of nitrogens with zero attached hydrogens (tertiary/aromatic N) is 7. The quantitative estimate of drug-likeness (QED) is 0.285. The first-order valence-electron chi connectivity index (χ1n) is 11.8. The minimum Gasteiger partial charge on any atom is -0.378 e. The van der Waals surface area contributed by atoms with E-state index in [-0.39, 0.29) is 11.7 Å². The van der Waals surface area contributed by atoms with Crippen LogP contribution in [0.2, 0.25) is 0 Å². The van der Waals surface area contributed by atoms with Crippen molar-refractivity contribution in [2.45, 2.75) is 18.6 Å². The van der Waals surface area contributed by atoms with Gasteiger partial charge in [-0.1, -0.05) is 18.7 Å². The summed E-state index contributed by atoms with van der Waals surface area (Å²) in [6, 6.07) is 7.72. The number of carbonyl (C=O) groups excluding carboxylic acids is 1. The molecule has 3 aromatic heterocycles. The molecule has 1 saturated heterocycles. The number of halogens is 1. The van der Waals surface area contributed by atoms with Gasteiger partial charge in [0.05, 0.1) is 37.0 Å². The van der Waals surface area contributed by atoms with Gasteiger partial charge in [0, 0.05) is 32.2 Å². The smallest absolute Gasteiger partial charge is 0.269 e. The number of fused-ring (bicyclic) bond motifs is 1. The number of aryl methyl sites for hydroxylation is 1. The number of aromatic nitrogens is 6. The molecule has 12 heteroatoms. The number of amides is 1. The van der Waals surface area contributed by atoms with Crippen molar-refractivity contribution < 1.29 is 13.9 Å². The van der Waals surface area contributed by atoms with Crippen LogP contribution in [-0.4, -0.2) is 74.0 Å². The largest absolute Gasteiger partial charge is 0.378 e. The fourth-order valence-electron chi connectivity index (χ4n) is 4.10. The van der Waals surface area contributed by atoms with E-state index in [4.69, 9.17) is 14.7 Å². The Balaban J connectivity index is 1.30. The van der Waals surface area contributed by atoms with Gasteiger partial charge < -0.3 is 15.0 Å². The topological polar surface area (TPSA) is 103 Å². The van der Waals surface area contributed by atoms with E-state index in [9.17, 15) is 9.18 Å². The molecule has 0 radical (unpaired) electrons. The predicted molar refractivity (Wildman–Crippen MR) is 136 cm³/mol. The van der Waals surface area contributed by atoms with Gasteiger partial charge in [0.15, 0.2) is 10.8 Å². The average molecular weight is 511 g/mol. The summed E-state index contributed by atoms with van der Waals surface area (Å²) in [4.78, 5) is 24.6. The van der Waals surface area contributed by atoms with E-state index in [1.54, 1.807) is 47.9 Å². The lowest BCUT2D eigenvalue weighted by molar-refractivity contribution is 0.0942. The van der Waals surface area contributed by atoms with E-state index in [0.29, 0.717) is 42.8 Å². The molecule has 0 aliphatic carbocycles. The summed E-state index contributed by atoms with van der Waals surface area (Å²) in [5.74, 6) is 1.17. The Morgan fingerprint density at radius 1 is 1.19 bits per heavy atom. The number of morpholine rings is 1. The van der Waals surface area contributed by atoms with Crippen LogP contribution in [0.15, 0.2) is 41.7 Å². The first kappa shape index (κ1) is 24.2. The van der Waals surface area contributed by atoms with Crippen molar-refractivity contribution in [1.29, 1.82) is 0 Å². The molecule has 1 N–H and O–H groups in total. The molecule has 1 aliphatic rings. The average Bonchev–Trinajstić information content (AvgIpc) is 3.48. The Hall–Kier alpha value is -3.51. The molecule has 0 atom stereocenters. The van der Waals surface area contributed by atoms with E-state index in [0.717, 1.165) is 41.3 Å². The summed E-state index contributed by atoms with van der Waals surface area (Å²) in [5, 5.41) is 13.5. The van der Waals surface area contributed by atoms with Gasteiger partial charge in [0.1, 0.15) is 17.3 Å². The molecule has 0 bridgehead atoms. The Morgan fingerprint density at radius 3 is 2.72 bits per heavy atom. The number of nitrogens with one attached hydrogen (secondary N) is 1. The van der Waals surface area contributed by atoms with Crippen LogP contribution < -0.4 is 10.2 Å². The highest BCUT2D eigenvalue weighted by Crippen LogP contribution is 2.27. The molecular weight excluding hydrogens is 483 g/mol. The molecule has 4 aromatic rings. The molecule has 4 heterocycles. The van der Waals surface area contributed by atoms with Crippen LogP contribution >= 0.6 is 11.8 Å². The number of benzene rings is 1. The third kappa shape index (κ3) is 5.05. The molecule has 10 nitrogen and oxygen atoms in total. The van der Waals surface area contributed by atoms with Gasteiger partial charge in [-0.25, -0.2) is 19.0 Å². The maximum Gasteiger partial charge on any atom is 0.269 e. The molecule has 0 spiro atoms.